The van der Waals surface area contributed by atoms with Crippen molar-refractivity contribution in [1.29, 1.82) is 0 Å². The van der Waals surface area contributed by atoms with E-state index in [-0.39, 0.29) is 6.04 Å². The summed E-state index contributed by atoms with van der Waals surface area (Å²) < 4.78 is 16.3. The highest BCUT2D eigenvalue weighted by molar-refractivity contribution is 6.32. The summed E-state index contributed by atoms with van der Waals surface area (Å²) in [5, 5.41) is 7.53. The Morgan fingerprint density at radius 3 is 2.75 bits per heavy atom. The molecule has 3 rings (SSSR count). The van der Waals surface area contributed by atoms with Crippen molar-refractivity contribution in [3.05, 3.63) is 65.0 Å². The third kappa shape index (κ3) is 5.50. The van der Waals surface area contributed by atoms with Gasteiger partial charge >= 0.3 is 0 Å². The zero-order valence-electron chi connectivity index (χ0n) is 16.0. The highest BCUT2D eigenvalue weighted by Gasteiger charge is 2.06. The van der Waals surface area contributed by atoms with Crippen molar-refractivity contribution in [1.82, 2.24) is 10.1 Å². The Hall–Kier alpha value is -2.99. The Kier molecular flexibility index (Phi) is 6.55. The fraction of sp³-hybridized carbons (Fsp3) is 0.238. The topological polar surface area (TPSA) is 69.4 Å². The first kappa shape index (κ1) is 19.8. The van der Waals surface area contributed by atoms with E-state index in [0.717, 1.165) is 11.3 Å². The van der Waals surface area contributed by atoms with Crippen molar-refractivity contribution < 1.29 is 14.0 Å². The van der Waals surface area contributed by atoms with Gasteiger partial charge in [-0.3, -0.25) is 0 Å². The van der Waals surface area contributed by atoms with Crippen LogP contribution in [-0.4, -0.2) is 22.8 Å². The molecule has 0 radical (unpaired) electrons. The number of benzene rings is 1. The predicted octanol–water partition coefficient (Wildman–Crippen LogP) is 5.74. The van der Waals surface area contributed by atoms with Gasteiger partial charge in [0.2, 0.25) is 11.8 Å². The van der Waals surface area contributed by atoms with Gasteiger partial charge in [-0.2, -0.15) is 0 Å². The number of hydrogen-bond acceptors (Lipinski definition) is 6. The average molecular weight is 400 g/mol. The van der Waals surface area contributed by atoms with Gasteiger partial charge in [-0.1, -0.05) is 28.9 Å². The molecule has 2 aromatic heterocycles. The summed E-state index contributed by atoms with van der Waals surface area (Å²) in [6.45, 7) is 6.40. The molecule has 2 heterocycles. The molecule has 0 spiro atoms. The number of rotatable bonds is 8. The third-order valence-corrected chi connectivity index (χ3v) is 4.06. The van der Waals surface area contributed by atoms with Crippen LogP contribution in [0.1, 0.15) is 25.1 Å². The number of pyridine rings is 1. The molecule has 0 aliphatic carbocycles. The first-order chi connectivity index (χ1) is 13.5. The van der Waals surface area contributed by atoms with E-state index in [2.05, 4.69) is 15.5 Å². The SMILES string of the molecule is CCOc1ccc(Oc2ccc(C=C[C@H](C)Nc3cc(C)no3)cn2)c(Cl)c1. The summed E-state index contributed by atoms with van der Waals surface area (Å²) in [4.78, 5) is 4.33. The van der Waals surface area contributed by atoms with Gasteiger partial charge in [0.05, 0.1) is 17.3 Å². The minimum absolute atomic E-state index is 0.0749. The lowest BCUT2D eigenvalue weighted by Gasteiger charge is -2.09. The summed E-state index contributed by atoms with van der Waals surface area (Å²) in [5.74, 6) is 2.34. The fourth-order valence-electron chi connectivity index (χ4n) is 2.44. The minimum Gasteiger partial charge on any atom is -0.494 e. The number of aryl methyl sites for hydroxylation is 1. The van der Waals surface area contributed by atoms with Gasteiger partial charge in [-0.25, -0.2) is 4.98 Å². The summed E-state index contributed by atoms with van der Waals surface area (Å²) in [6, 6.07) is 10.9. The van der Waals surface area contributed by atoms with Crippen LogP contribution in [0.3, 0.4) is 0 Å². The molecule has 6 nitrogen and oxygen atoms in total. The maximum atomic E-state index is 6.24. The summed E-state index contributed by atoms with van der Waals surface area (Å²) in [5.41, 5.74) is 1.79. The zero-order valence-corrected chi connectivity index (χ0v) is 16.7. The molecule has 1 N–H and O–H groups in total. The van der Waals surface area contributed by atoms with E-state index in [1.54, 1.807) is 24.4 Å². The van der Waals surface area contributed by atoms with Crippen LogP contribution in [0.15, 0.2) is 53.2 Å². The van der Waals surface area contributed by atoms with Gasteiger partial charge in [-0.15, -0.1) is 0 Å². The van der Waals surface area contributed by atoms with Gasteiger partial charge < -0.3 is 19.3 Å². The third-order valence-electron chi connectivity index (χ3n) is 3.76. The van der Waals surface area contributed by atoms with Crippen molar-refractivity contribution in [2.75, 3.05) is 11.9 Å². The lowest BCUT2D eigenvalue weighted by molar-refractivity contribution is 0.339. The van der Waals surface area contributed by atoms with Crippen LogP contribution in [-0.2, 0) is 0 Å². The molecule has 0 unspecified atom stereocenters. The van der Waals surface area contributed by atoms with Gasteiger partial charge in [0, 0.05) is 30.4 Å². The van der Waals surface area contributed by atoms with Gasteiger partial charge in [0.15, 0.2) is 0 Å². The van der Waals surface area contributed by atoms with Crippen LogP contribution in [0.4, 0.5) is 5.88 Å². The first-order valence-corrected chi connectivity index (χ1v) is 9.35. The van der Waals surface area contributed by atoms with Crippen LogP contribution in [0, 0.1) is 6.92 Å². The largest absolute Gasteiger partial charge is 0.494 e. The predicted molar refractivity (Wildman–Crippen MR) is 110 cm³/mol. The van der Waals surface area contributed by atoms with E-state index in [0.29, 0.717) is 34.9 Å². The van der Waals surface area contributed by atoms with Crippen molar-refractivity contribution in [2.45, 2.75) is 26.8 Å². The Morgan fingerprint density at radius 2 is 2.11 bits per heavy atom. The van der Waals surface area contributed by atoms with Gasteiger partial charge in [-0.05, 0) is 44.5 Å². The van der Waals surface area contributed by atoms with E-state index in [1.807, 2.05) is 51.1 Å². The molecule has 0 amide bonds. The Balaban J connectivity index is 1.58. The quantitative estimate of drug-likeness (QED) is 0.521. The Morgan fingerprint density at radius 1 is 1.25 bits per heavy atom. The second kappa shape index (κ2) is 9.28. The molecule has 0 saturated carbocycles. The van der Waals surface area contributed by atoms with E-state index in [4.69, 9.17) is 25.6 Å². The molecule has 1 atom stereocenters. The normalized spacial score (nSPS) is 12.1. The van der Waals surface area contributed by atoms with Crippen molar-refractivity contribution >= 4 is 23.6 Å². The van der Waals surface area contributed by atoms with Crippen molar-refractivity contribution in [2.24, 2.45) is 0 Å². The maximum absolute atomic E-state index is 6.24. The molecular weight excluding hydrogens is 378 g/mol. The minimum atomic E-state index is 0.0749. The lowest BCUT2D eigenvalue weighted by Crippen LogP contribution is -2.10. The monoisotopic (exact) mass is 399 g/mol. The highest BCUT2D eigenvalue weighted by atomic mass is 35.5. The Bertz CT molecular complexity index is 938. The molecular formula is C21H22ClN3O3. The number of hydrogen-bond donors (Lipinski definition) is 1. The van der Waals surface area contributed by atoms with Crippen molar-refractivity contribution in [3.8, 4) is 17.4 Å². The van der Waals surface area contributed by atoms with E-state index >= 15 is 0 Å². The highest BCUT2D eigenvalue weighted by Crippen LogP contribution is 2.31. The molecule has 0 aliphatic rings. The molecule has 0 saturated heterocycles. The summed E-state index contributed by atoms with van der Waals surface area (Å²) in [7, 11) is 0. The van der Waals surface area contributed by atoms with E-state index in [9.17, 15) is 0 Å². The maximum Gasteiger partial charge on any atom is 0.225 e. The molecule has 1 aromatic carbocycles. The van der Waals surface area contributed by atoms with Crippen LogP contribution in [0.2, 0.25) is 5.02 Å². The zero-order chi connectivity index (χ0) is 19.9. The van der Waals surface area contributed by atoms with Crippen molar-refractivity contribution in [3.63, 3.8) is 0 Å². The number of ether oxygens (including phenoxy) is 2. The van der Waals surface area contributed by atoms with Crippen LogP contribution in [0.25, 0.3) is 6.08 Å². The standard InChI is InChI=1S/C21H22ClN3O3/c1-4-26-17-8-9-19(18(22)12-17)27-20-10-7-16(13-23-20)6-5-14(2)24-21-11-15(3)25-28-21/h5-14,24H,4H2,1-3H3/t14-/m0/s1. The lowest BCUT2D eigenvalue weighted by atomic mass is 10.2. The van der Waals surface area contributed by atoms with E-state index < -0.39 is 0 Å². The number of nitrogens with zero attached hydrogens (tertiary/aromatic N) is 2. The van der Waals surface area contributed by atoms with Gasteiger partial charge in [0.25, 0.3) is 0 Å². The molecule has 146 valence electrons. The molecule has 0 bridgehead atoms. The summed E-state index contributed by atoms with van der Waals surface area (Å²) in [6.07, 6.45) is 5.72. The summed E-state index contributed by atoms with van der Waals surface area (Å²) >= 11 is 6.24. The number of aromatic nitrogens is 2. The number of halogens is 1. The number of anilines is 1. The Labute approximate surface area is 169 Å². The molecule has 3 aromatic rings. The van der Waals surface area contributed by atoms with Crippen LogP contribution < -0.4 is 14.8 Å². The van der Waals surface area contributed by atoms with Crippen LogP contribution >= 0.6 is 11.6 Å². The van der Waals surface area contributed by atoms with Crippen LogP contribution in [0.5, 0.6) is 17.4 Å². The second-order valence-corrected chi connectivity index (χ2v) is 6.59. The number of nitrogens with one attached hydrogen (secondary N) is 1. The molecule has 0 aliphatic heterocycles. The average Bonchev–Trinajstić information content (AvgIpc) is 3.08. The molecule has 0 fully saturated rings. The molecule has 7 heteroatoms. The smallest absolute Gasteiger partial charge is 0.225 e. The molecule has 28 heavy (non-hydrogen) atoms. The fourth-order valence-corrected chi connectivity index (χ4v) is 2.65. The second-order valence-electron chi connectivity index (χ2n) is 6.18. The van der Waals surface area contributed by atoms with E-state index in [1.165, 1.54) is 0 Å². The first-order valence-electron chi connectivity index (χ1n) is 8.98. The van der Waals surface area contributed by atoms with Gasteiger partial charge in [0.1, 0.15) is 11.5 Å².